The van der Waals surface area contributed by atoms with Gasteiger partial charge >= 0.3 is 0 Å². The van der Waals surface area contributed by atoms with Crippen molar-refractivity contribution in [2.45, 2.75) is 0 Å². The molecular formula is C16H15ClN4. The molecule has 0 radical (unpaired) electrons. The highest BCUT2D eigenvalue weighted by Gasteiger charge is 2.00. The maximum absolute atomic E-state index is 4.43. The van der Waals surface area contributed by atoms with Crippen molar-refractivity contribution in [3.8, 4) is 0 Å². The van der Waals surface area contributed by atoms with Gasteiger partial charge in [-0.05, 0) is 30.3 Å². The van der Waals surface area contributed by atoms with E-state index in [-0.39, 0.29) is 12.4 Å². The molecule has 4 nitrogen and oxygen atoms in total. The first kappa shape index (κ1) is 14.8. The van der Waals surface area contributed by atoms with Gasteiger partial charge in [-0.15, -0.1) is 12.4 Å². The summed E-state index contributed by atoms with van der Waals surface area (Å²) >= 11 is 0. The summed E-state index contributed by atoms with van der Waals surface area (Å²) in [5.74, 6) is 1.32. The average Bonchev–Trinajstić information content (AvgIpc) is 2.50. The van der Waals surface area contributed by atoms with E-state index in [4.69, 9.17) is 0 Å². The smallest absolute Gasteiger partial charge is 0.229 e. The van der Waals surface area contributed by atoms with Gasteiger partial charge in [-0.3, -0.25) is 0 Å². The first-order valence-electron chi connectivity index (χ1n) is 6.37. The number of halogens is 1. The summed E-state index contributed by atoms with van der Waals surface area (Å²) in [4.78, 5) is 8.64. The van der Waals surface area contributed by atoms with Crippen molar-refractivity contribution in [1.82, 2.24) is 9.97 Å². The molecule has 0 bridgehead atoms. The largest absolute Gasteiger partial charge is 0.340 e. The van der Waals surface area contributed by atoms with Crippen molar-refractivity contribution in [2.75, 3.05) is 10.6 Å². The summed E-state index contributed by atoms with van der Waals surface area (Å²) in [7, 11) is 0. The van der Waals surface area contributed by atoms with Gasteiger partial charge < -0.3 is 10.6 Å². The summed E-state index contributed by atoms with van der Waals surface area (Å²) < 4.78 is 0. The first-order chi connectivity index (χ1) is 9.90. The Morgan fingerprint density at radius 3 is 1.86 bits per heavy atom. The summed E-state index contributed by atoms with van der Waals surface area (Å²) in [6, 6.07) is 21.6. The highest BCUT2D eigenvalue weighted by molar-refractivity contribution is 5.85. The van der Waals surface area contributed by atoms with Crippen LogP contribution in [0.15, 0.2) is 72.9 Å². The lowest BCUT2D eigenvalue weighted by molar-refractivity contribution is 1.17. The normalized spacial score (nSPS) is 9.52. The third-order valence-electron chi connectivity index (χ3n) is 2.73. The number of benzene rings is 2. The lowest BCUT2D eigenvalue weighted by Gasteiger charge is -2.08. The molecule has 0 aliphatic carbocycles. The van der Waals surface area contributed by atoms with Gasteiger partial charge in [0.1, 0.15) is 5.82 Å². The molecule has 2 aromatic carbocycles. The van der Waals surface area contributed by atoms with E-state index >= 15 is 0 Å². The van der Waals surface area contributed by atoms with Gasteiger partial charge in [-0.2, -0.15) is 4.98 Å². The number of para-hydroxylation sites is 2. The molecule has 21 heavy (non-hydrogen) atoms. The topological polar surface area (TPSA) is 49.8 Å². The van der Waals surface area contributed by atoms with Crippen LogP contribution in [0.1, 0.15) is 0 Å². The number of nitrogens with zero attached hydrogens (tertiary/aromatic N) is 2. The van der Waals surface area contributed by atoms with Gasteiger partial charge in [0.2, 0.25) is 5.95 Å². The van der Waals surface area contributed by atoms with Crippen molar-refractivity contribution in [1.29, 1.82) is 0 Å². The van der Waals surface area contributed by atoms with Crippen LogP contribution in [0.25, 0.3) is 0 Å². The second kappa shape index (κ2) is 7.26. The number of hydrogen-bond donors (Lipinski definition) is 2. The lowest BCUT2D eigenvalue weighted by Crippen LogP contribution is -2.00. The van der Waals surface area contributed by atoms with Gasteiger partial charge in [-0.25, -0.2) is 4.98 Å². The molecule has 1 aromatic heterocycles. The molecule has 0 saturated carbocycles. The number of hydrogen-bond acceptors (Lipinski definition) is 4. The fourth-order valence-corrected chi connectivity index (χ4v) is 1.81. The van der Waals surface area contributed by atoms with Crippen molar-refractivity contribution >= 4 is 35.5 Å². The van der Waals surface area contributed by atoms with E-state index in [1.54, 1.807) is 6.20 Å². The molecule has 0 atom stereocenters. The summed E-state index contributed by atoms with van der Waals surface area (Å²) in [6.45, 7) is 0. The van der Waals surface area contributed by atoms with Crippen LogP contribution >= 0.6 is 12.4 Å². The quantitative estimate of drug-likeness (QED) is 0.750. The maximum atomic E-state index is 4.43. The summed E-state index contributed by atoms with van der Waals surface area (Å²) in [5.41, 5.74) is 1.96. The number of anilines is 4. The van der Waals surface area contributed by atoms with Crippen molar-refractivity contribution in [2.24, 2.45) is 0 Å². The van der Waals surface area contributed by atoms with Crippen molar-refractivity contribution < 1.29 is 0 Å². The van der Waals surface area contributed by atoms with Crippen LogP contribution in [0.3, 0.4) is 0 Å². The molecule has 0 amide bonds. The SMILES string of the molecule is Cl.c1ccc(Nc2ccnc(Nc3ccccc3)n2)cc1. The van der Waals surface area contributed by atoms with E-state index in [1.165, 1.54) is 0 Å². The highest BCUT2D eigenvalue weighted by atomic mass is 35.5. The van der Waals surface area contributed by atoms with Crippen LogP contribution in [0.5, 0.6) is 0 Å². The molecule has 0 saturated heterocycles. The van der Waals surface area contributed by atoms with Gasteiger partial charge in [0.15, 0.2) is 0 Å². The Bertz CT molecular complexity index is 617. The van der Waals surface area contributed by atoms with Gasteiger partial charge in [0.05, 0.1) is 0 Å². The zero-order chi connectivity index (χ0) is 13.6. The number of nitrogens with one attached hydrogen (secondary N) is 2. The van der Waals surface area contributed by atoms with Crippen LogP contribution in [-0.4, -0.2) is 9.97 Å². The van der Waals surface area contributed by atoms with Crippen LogP contribution in [0.2, 0.25) is 0 Å². The Morgan fingerprint density at radius 2 is 1.24 bits per heavy atom. The molecule has 3 rings (SSSR count). The van der Waals surface area contributed by atoms with E-state index in [2.05, 4.69) is 20.6 Å². The van der Waals surface area contributed by atoms with Gasteiger partial charge in [0, 0.05) is 17.6 Å². The Kier molecular flexibility index (Phi) is 5.12. The van der Waals surface area contributed by atoms with E-state index in [9.17, 15) is 0 Å². The first-order valence-corrected chi connectivity index (χ1v) is 6.37. The Hall–Kier alpha value is -2.59. The monoisotopic (exact) mass is 298 g/mol. The highest BCUT2D eigenvalue weighted by Crippen LogP contribution is 2.16. The van der Waals surface area contributed by atoms with E-state index in [0.717, 1.165) is 17.2 Å². The third-order valence-corrected chi connectivity index (χ3v) is 2.73. The Balaban J connectivity index is 0.00000161. The van der Waals surface area contributed by atoms with Crippen LogP contribution in [0.4, 0.5) is 23.1 Å². The number of aromatic nitrogens is 2. The molecule has 3 aromatic rings. The minimum Gasteiger partial charge on any atom is -0.340 e. The molecule has 0 spiro atoms. The second-order valence-corrected chi connectivity index (χ2v) is 4.25. The minimum atomic E-state index is 0. The van der Waals surface area contributed by atoms with Crippen LogP contribution in [0, 0.1) is 0 Å². The summed E-state index contributed by atoms with van der Waals surface area (Å²) in [5, 5.41) is 6.41. The van der Waals surface area contributed by atoms with Gasteiger partial charge in [0.25, 0.3) is 0 Å². The second-order valence-electron chi connectivity index (χ2n) is 4.25. The van der Waals surface area contributed by atoms with Crippen molar-refractivity contribution in [3.63, 3.8) is 0 Å². The molecule has 106 valence electrons. The minimum absolute atomic E-state index is 0. The zero-order valence-electron chi connectivity index (χ0n) is 11.2. The number of rotatable bonds is 4. The van der Waals surface area contributed by atoms with Crippen LogP contribution < -0.4 is 10.6 Å². The third kappa shape index (κ3) is 4.19. The molecular weight excluding hydrogens is 284 g/mol. The molecule has 1 heterocycles. The standard InChI is InChI=1S/C16H14N4.ClH/c1-3-7-13(8-4-1)18-15-11-12-17-16(20-15)19-14-9-5-2-6-10-14;/h1-12H,(H2,17,18,19,20);1H. The average molecular weight is 299 g/mol. The Labute approximate surface area is 129 Å². The molecule has 0 aliphatic rings. The molecule has 5 heteroatoms. The van der Waals surface area contributed by atoms with Gasteiger partial charge in [-0.1, -0.05) is 36.4 Å². The lowest BCUT2D eigenvalue weighted by atomic mass is 10.3. The fraction of sp³-hybridized carbons (Fsp3) is 0. The predicted octanol–water partition coefficient (Wildman–Crippen LogP) is 4.39. The molecule has 0 fully saturated rings. The zero-order valence-corrected chi connectivity index (χ0v) is 12.0. The van der Waals surface area contributed by atoms with Crippen molar-refractivity contribution in [3.05, 3.63) is 72.9 Å². The molecule has 0 aliphatic heterocycles. The van der Waals surface area contributed by atoms with E-state index < -0.39 is 0 Å². The maximum Gasteiger partial charge on any atom is 0.229 e. The Morgan fingerprint density at radius 1 is 0.667 bits per heavy atom. The van der Waals surface area contributed by atoms with E-state index in [1.807, 2.05) is 66.7 Å². The fourth-order valence-electron chi connectivity index (χ4n) is 1.81. The van der Waals surface area contributed by atoms with Crippen LogP contribution in [-0.2, 0) is 0 Å². The predicted molar refractivity (Wildman–Crippen MR) is 88.7 cm³/mol. The summed E-state index contributed by atoms with van der Waals surface area (Å²) in [6.07, 6.45) is 1.73. The molecule has 0 unspecified atom stereocenters. The van der Waals surface area contributed by atoms with E-state index in [0.29, 0.717) is 5.95 Å². The molecule has 2 N–H and O–H groups in total.